The lowest BCUT2D eigenvalue weighted by molar-refractivity contribution is 0.0473. The maximum absolute atomic E-state index is 12.3. The number of ketones is 2. The van der Waals surface area contributed by atoms with Crippen molar-refractivity contribution in [2.75, 3.05) is 6.61 Å². The van der Waals surface area contributed by atoms with Gasteiger partial charge in [-0.05, 0) is 44.5 Å². The molecule has 2 rings (SSSR count). The highest BCUT2D eigenvalue weighted by Crippen LogP contribution is 2.21. The van der Waals surface area contributed by atoms with E-state index in [1.54, 1.807) is 13.8 Å². The molecule has 0 unspecified atom stereocenters. The summed E-state index contributed by atoms with van der Waals surface area (Å²) in [6.07, 6.45) is 0. The van der Waals surface area contributed by atoms with Gasteiger partial charge in [0.15, 0.2) is 12.4 Å². The van der Waals surface area contributed by atoms with Crippen molar-refractivity contribution in [1.29, 1.82) is 0 Å². The number of Topliss-reactive ketones (excluding diaryl/α,β-unsaturated/α-hetero) is 2. The van der Waals surface area contributed by atoms with Crippen molar-refractivity contribution >= 4 is 40.7 Å². The Labute approximate surface area is 148 Å². The number of nitrogens with one attached hydrogen (secondary N) is 1. The molecule has 0 saturated heterocycles. The van der Waals surface area contributed by atoms with E-state index in [2.05, 4.69) is 4.98 Å². The molecule has 7 heteroatoms. The molecule has 0 aliphatic heterocycles. The summed E-state index contributed by atoms with van der Waals surface area (Å²) in [5, 5.41) is 0.588. The van der Waals surface area contributed by atoms with Gasteiger partial charge in [0.25, 0.3) is 0 Å². The molecular formula is C17H15Cl2NO4. The third kappa shape index (κ3) is 3.86. The van der Waals surface area contributed by atoms with Gasteiger partial charge in [0.1, 0.15) is 0 Å². The first kappa shape index (κ1) is 18.2. The van der Waals surface area contributed by atoms with Gasteiger partial charge in [-0.15, -0.1) is 0 Å². The molecule has 1 aromatic carbocycles. The zero-order valence-corrected chi connectivity index (χ0v) is 14.8. The first-order chi connectivity index (χ1) is 11.2. The van der Waals surface area contributed by atoms with Crippen molar-refractivity contribution in [3.05, 3.63) is 56.3 Å². The molecular weight excluding hydrogens is 353 g/mol. The van der Waals surface area contributed by atoms with Crippen LogP contribution in [0, 0.1) is 13.8 Å². The smallest absolute Gasteiger partial charge is 0.338 e. The zero-order chi connectivity index (χ0) is 18.0. The number of hydrogen-bond donors (Lipinski definition) is 1. The fourth-order valence-electron chi connectivity index (χ4n) is 2.52. The monoisotopic (exact) mass is 367 g/mol. The molecule has 0 aliphatic rings. The Bertz CT molecular complexity index is 819. The van der Waals surface area contributed by atoms with Gasteiger partial charge in [-0.3, -0.25) is 9.59 Å². The number of carbonyl (C=O) groups is 3. The molecule has 0 radical (unpaired) electrons. The Hall–Kier alpha value is -2.11. The first-order valence-electron chi connectivity index (χ1n) is 7.07. The molecule has 0 fully saturated rings. The van der Waals surface area contributed by atoms with Gasteiger partial charge in [0.05, 0.1) is 11.3 Å². The van der Waals surface area contributed by atoms with E-state index in [0.29, 0.717) is 26.9 Å². The summed E-state index contributed by atoms with van der Waals surface area (Å²) < 4.78 is 5.01. The summed E-state index contributed by atoms with van der Waals surface area (Å²) >= 11 is 11.7. The zero-order valence-electron chi connectivity index (χ0n) is 13.3. The SMILES string of the molecule is CC(=O)c1c(C)[nH]c(C(=O)COC(=O)c2cc(Cl)cc(Cl)c2)c1C. The molecule has 0 amide bonds. The average molecular weight is 368 g/mol. The van der Waals surface area contributed by atoms with Gasteiger partial charge >= 0.3 is 5.97 Å². The Morgan fingerprint density at radius 2 is 1.67 bits per heavy atom. The molecule has 126 valence electrons. The Morgan fingerprint density at radius 3 is 2.17 bits per heavy atom. The van der Waals surface area contributed by atoms with E-state index >= 15 is 0 Å². The molecule has 0 spiro atoms. The highest BCUT2D eigenvalue weighted by Gasteiger charge is 2.21. The van der Waals surface area contributed by atoms with E-state index in [-0.39, 0.29) is 17.0 Å². The molecule has 2 aromatic rings. The minimum Gasteiger partial charge on any atom is -0.454 e. The lowest BCUT2D eigenvalue weighted by atomic mass is 10.1. The Kier molecular flexibility index (Phi) is 5.47. The molecule has 0 atom stereocenters. The molecule has 24 heavy (non-hydrogen) atoms. The van der Waals surface area contributed by atoms with Crippen molar-refractivity contribution < 1.29 is 19.1 Å². The van der Waals surface area contributed by atoms with Crippen molar-refractivity contribution in [2.45, 2.75) is 20.8 Å². The van der Waals surface area contributed by atoms with Crippen LogP contribution in [-0.2, 0) is 4.74 Å². The van der Waals surface area contributed by atoms with Crippen LogP contribution in [0.25, 0.3) is 0 Å². The summed E-state index contributed by atoms with van der Waals surface area (Å²) in [7, 11) is 0. The van der Waals surface area contributed by atoms with Gasteiger partial charge < -0.3 is 9.72 Å². The van der Waals surface area contributed by atoms with E-state index in [1.165, 1.54) is 25.1 Å². The summed E-state index contributed by atoms with van der Waals surface area (Å²) in [6, 6.07) is 4.29. The lowest BCUT2D eigenvalue weighted by Crippen LogP contribution is -2.15. The third-order valence-electron chi connectivity index (χ3n) is 3.50. The number of halogens is 2. The molecule has 1 aromatic heterocycles. The van der Waals surface area contributed by atoms with Crippen LogP contribution in [0.3, 0.4) is 0 Å². The van der Waals surface area contributed by atoms with Crippen LogP contribution in [0.15, 0.2) is 18.2 Å². The fraction of sp³-hybridized carbons (Fsp3) is 0.235. The predicted octanol–water partition coefficient (Wildman–Crippen LogP) is 4.18. The Balaban J connectivity index is 2.12. The van der Waals surface area contributed by atoms with Gasteiger partial charge in [-0.2, -0.15) is 0 Å². The normalized spacial score (nSPS) is 10.5. The third-order valence-corrected chi connectivity index (χ3v) is 3.94. The standard InChI is InChI=1S/C17H15Cl2NO4/c1-8-15(10(3)21)9(2)20-16(8)14(22)7-24-17(23)11-4-12(18)6-13(19)5-11/h4-6,20H,7H2,1-3H3. The van der Waals surface area contributed by atoms with E-state index in [1.807, 2.05) is 0 Å². The van der Waals surface area contributed by atoms with Gasteiger partial charge in [0.2, 0.25) is 5.78 Å². The van der Waals surface area contributed by atoms with Crippen LogP contribution < -0.4 is 0 Å². The van der Waals surface area contributed by atoms with Crippen LogP contribution in [0.1, 0.15) is 49.4 Å². The highest BCUT2D eigenvalue weighted by atomic mass is 35.5. The number of carbonyl (C=O) groups excluding carboxylic acids is 3. The minimum absolute atomic E-state index is 0.133. The number of H-pyrrole nitrogens is 1. The van der Waals surface area contributed by atoms with Crippen molar-refractivity contribution in [3.63, 3.8) is 0 Å². The number of hydrogen-bond acceptors (Lipinski definition) is 4. The number of aromatic amines is 1. The topological polar surface area (TPSA) is 76.2 Å². The predicted molar refractivity (Wildman–Crippen MR) is 91.3 cm³/mol. The van der Waals surface area contributed by atoms with Crippen LogP contribution in [0.5, 0.6) is 0 Å². The summed E-state index contributed by atoms with van der Waals surface area (Å²) in [4.78, 5) is 38.7. The second-order valence-corrected chi connectivity index (χ2v) is 6.21. The first-order valence-corrected chi connectivity index (χ1v) is 7.82. The largest absolute Gasteiger partial charge is 0.454 e. The molecule has 0 aliphatic carbocycles. The van der Waals surface area contributed by atoms with Crippen LogP contribution in [0.2, 0.25) is 10.0 Å². The van der Waals surface area contributed by atoms with E-state index in [9.17, 15) is 14.4 Å². The minimum atomic E-state index is -0.708. The Morgan fingerprint density at radius 1 is 1.08 bits per heavy atom. The van der Waals surface area contributed by atoms with Crippen molar-refractivity contribution in [2.24, 2.45) is 0 Å². The fourth-order valence-corrected chi connectivity index (χ4v) is 3.04. The van der Waals surface area contributed by atoms with E-state index in [0.717, 1.165) is 0 Å². The second-order valence-electron chi connectivity index (χ2n) is 5.34. The number of aromatic nitrogens is 1. The van der Waals surface area contributed by atoms with Crippen LogP contribution >= 0.6 is 23.2 Å². The van der Waals surface area contributed by atoms with Gasteiger partial charge in [-0.25, -0.2) is 4.79 Å². The van der Waals surface area contributed by atoms with Crippen molar-refractivity contribution in [1.82, 2.24) is 4.98 Å². The molecule has 5 nitrogen and oxygen atoms in total. The molecule has 0 bridgehead atoms. The summed E-state index contributed by atoms with van der Waals surface area (Å²) in [5.74, 6) is -1.27. The van der Waals surface area contributed by atoms with Gasteiger partial charge in [0, 0.05) is 21.3 Å². The number of aryl methyl sites for hydroxylation is 1. The molecule has 0 saturated carbocycles. The molecule has 1 N–H and O–H groups in total. The van der Waals surface area contributed by atoms with E-state index < -0.39 is 18.4 Å². The average Bonchev–Trinajstić information content (AvgIpc) is 2.78. The second kappa shape index (κ2) is 7.20. The number of rotatable bonds is 5. The summed E-state index contributed by atoms with van der Waals surface area (Å²) in [6.45, 7) is 4.36. The number of esters is 1. The maximum Gasteiger partial charge on any atom is 0.338 e. The summed E-state index contributed by atoms with van der Waals surface area (Å²) in [5.41, 5.74) is 2.05. The van der Waals surface area contributed by atoms with Crippen LogP contribution in [-0.4, -0.2) is 29.1 Å². The lowest BCUT2D eigenvalue weighted by Gasteiger charge is -2.05. The van der Waals surface area contributed by atoms with Crippen molar-refractivity contribution in [3.8, 4) is 0 Å². The molecule has 1 heterocycles. The van der Waals surface area contributed by atoms with Crippen LogP contribution in [0.4, 0.5) is 0 Å². The van der Waals surface area contributed by atoms with Gasteiger partial charge in [-0.1, -0.05) is 23.2 Å². The maximum atomic E-state index is 12.3. The number of ether oxygens (including phenoxy) is 1. The quantitative estimate of drug-likeness (QED) is 0.635. The number of benzene rings is 1. The van der Waals surface area contributed by atoms with E-state index in [4.69, 9.17) is 27.9 Å². The highest BCUT2D eigenvalue weighted by molar-refractivity contribution is 6.35.